The van der Waals surface area contributed by atoms with Crippen molar-refractivity contribution in [2.24, 2.45) is 5.41 Å². The first kappa shape index (κ1) is 19.2. The summed E-state index contributed by atoms with van der Waals surface area (Å²) in [6.45, 7) is 12.4. The van der Waals surface area contributed by atoms with Gasteiger partial charge in [0.05, 0.1) is 0 Å². The van der Waals surface area contributed by atoms with Gasteiger partial charge < -0.3 is 10.6 Å². The minimum Gasteiger partial charge on any atom is -0.355 e. The van der Waals surface area contributed by atoms with Crippen LogP contribution in [0.4, 0.5) is 5.69 Å². The maximum atomic E-state index is 12.4. The van der Waals surface area contributed by atoms with Gasteiger partial charge in [-0.25, -0.2) is 0 Å². The van der Waals surface area contributed by atoms with Crippen LogP contribution in [-0.2, 0) is 15.0 Å². The molecule has 0 fully saturated rings. The van der Waals surface area contributed by atoms with Crippen molar-refractivity contribution in [1.29, 1.82) is 0 Å². The zero-order valence-electron chi connectivity index (χ0n) is 15.2. The van der Waals surface area contributed by atoms with Crippen LogP contribution in [0.5, 0.6) is 0 Å². The molecule has 128 valence electrons. The van der Waals surface area contributed by atoms with Crippen LogP contribution in [0, 0.1) is 5.41 Å². The van der Waals surface area contributed by atoms with Crippen molar-refractivity contribution in [3.05, 3.63) is 29.8 Å². The van der Waals surface area contributed by atoms with Crippen LogP contribution in [0.3, 0.4) is 0 Å². The van der Waals surface area contributed by atoms with E-state index in [9.17, 15) is 9.59 Å². The Hall–Kier alpha value is -1.84. The fourth-order valence-corrected chi connectivity index (χ4v) is 2.04. The molecule has 0 aliphatic rings. The summed E-state index contributed by atoms with van der Waals surface area (Å²) in [5.74, 6) is -0.537. The van der Waals surface area contributed by atoms with E-state index in [0.717, 1.165) is 12.8 Å². The molecule has 2 amide bonds. The number of carbonyl (C=O) groups excluding carboxylic acids is 2. The molecule has 0 spiro atoms. The van der Waals surface area contributed by atoms with E-state index in [0.29, 0.717) is 12.2 Å². The maximum absolute atomic E-state index is 12.4. The molecule has 4 nitrogen and oxygen atoms in total. The highest BCUT2D eigenvalue weighted by molar-refractivity contribution is 6.09. The van der Waals surface area contributed by atoms with Crippen LogP contribution in [0.2, 0.25) is 0 Å². The lowest BCUT2D eigenvalue weighted by molar-refractivity contribution is -0.138. The topological polar surface area (TPSA) is 58.2 Å². The predicted octanol–water partition coefficient (Wildman–Crippen LogP) is 3.87. The summed E-state index contributed by atoms with van der Waals surface area (Å²) in [6, 6.07) is 7.76. The number of unbranched alkanes of at least 4 members (excludes halogenated alkanes) is 1. The fourth-order valence-electron chi connectivity index (χ4n) is 2.04. The molecule has 1 rings (SSSR count). The van der Waals surface area contributed by atoms with Crippen LogP contribution in [0.25, 0.3) is 0 Å². The summed E-state index contributed by atoms with van der Waals surface area (Å²) >= 11 is 0. The van der Waals surface area contributed by atoms with Crippen molar-refractivity contribution >= 4 is 17.5 Å². The van der Waals surface area contributed by atoms with E-state index in [4.69, 9.17) is 0 Å². The molecule has 23 heavy (non-hydrogen) atoms. The van der Waals surface area contributed by atoms with E-state index >= 15 is 0 Å². The summed E-state index contributed by atoms with van der Waals surface area (Å²) in [4.78, 5) is 24.6. The number of benzene rings is 1. The van der Waals surface area contributed by atoms with Crippen LogP contribution in [-0.4, -0.2) is 18.4 Å². The van der Waals surface area contributed by atoms with Crippen molar-refractivity contribution in [2.45, 2.75) is 59.8 Å². The highest BCUT2D eigenvalue weighted by Gasteiger charge is 2.35. The summed E-state index contributed by atoms with van der Waals surface area (Å²) in [5.41, 5.74) is 0.877. The zero-order chi connectivity index (χ0) is 17.7. The second-order valence-electron chi connectivity index (χ2n) is 7.52. The number of nitrogens with one attached hydrogen (secondary N) is 2. The van der Waals surface area contributed by atoms with Gasteiger partial charge >= 0.3 is 0 Å². The molecule has 0 aliphatic carbocycles. The Bertz CT molecular complexity index is 539. The van der Waals surface area contributed by atoms with Gasteiger partial charge in [-0.2, -0.15) is 0 Å². The average molecular weight is 318 g/mol. The van der Waals surface area contributed by atoms with Crippen LogP contribution >= 0.6 is 0 Å². The van der Waals surface area contributed by atoms with E-state index < -0.39 is 5.41 Å². The Morgan fingerprint density at radius 3 is 2.00 bits per heavy atom. The fraction of sp³-hybridized carbons (Fsp3) is 0.579. The van der Waals surface area contributed by atoms with Crippen molar-refractivity contribution < 1.29 is 9.59 Å². The van der Waals surface area contributed by atoms with E-state index in [1.807, 2.05) is 24.3 Å². The van der Waals surface area contributed by atoms with Gasteiger partial charge in [0, 0.05) is 12.2 Å². The first-order valence-electron chi connectivity index (χ1n) is 8.29. The number of rotatable bonds is 6. The molecule has 0 saturated carbocycles. The molecule has 1 aromatic rings. The third kappa shape index (κ3) is 5.38. The number of carbonyl (C=O) groups is 2. The van der Waals surface area contributed by atoms with Crippen LogP contribution < -0.4 is 10.6 Å². The SMILES string of the molecule is CCCCNC(=O)C(C)(C)C(=O)Nc1ccc(C(C)(C)C)cc1. The van der Waals surface area contributed by atoms with Gasteiger partial charge in [0.15, 0.2) is 0 Å². The van der Waals surface area contributed by atoms with E-state index in [1.165, 1.54) is 5.56 Å². The standard InChI is InChI=1S/C19H30N2O2/c1-7-8-13-20-16(22)19(5,6)17(23)21-15-11-9-14(10-12-15)18(2,3)4/h9-12H,7-8,13H2,1-6H3,(H,20,22)(H,21,23). The molecule has 0 saturated heterocycles. The van der Waals surface area contributed by atoms with Crippen molar-refractivity contribution in [2.75, 3.05) is 11.9 Å². The van der Waals surface area contributed by atoms with Gasteiger partial charge in [0.1, 0.15) is 5.41 Å². The van der Waals surface area contributed by atoms with E-state index in [2.05, 4.69) is 38.3 Å². The minimum absolute atomic E-state index is 0.0704. The van der Waals surface area contributed by atoms with Crippen molar-refractivity contribution in [3.63, 3.8) is 0 Å². The normalized spacial score (nSPS) is 11.9. The third-order valence-electron chi connectivity index (χ3n) is 3.96. The van der Waals surface area contributed by atoms with Gasteiger partial charge in [0.25, 0.3) is 0 Å². The molecule has 0 bridgehead atoms. The second-order valence-corrected chi connectivity index (χ2v) is 7.52. The largest absolute Gasteiger partial charge is 0.355 e. The molecule has 0 unspecified atom stereocenters. The molecule has 0 aliphatic heterocycles. The minimum atomic E-state index is -1.10. The summed E-state index contributed by atoms with van der Waals surface area (Å²) in [5, 5.41) is 5.65. The Morgan fingerprint density at radius 2 is 1.52 bits per heavy atom. The van der Waals surface area contributed by atoms with Gasteiger partial charge in [-0.1, -0.05) is 46.2 Å². The Morgan fingerprint density at radius 1 is 0.957 bits per heavy atom. The maximum Gasteiger partial charge on any atom is 0.239 e. The first-order valence-corrected chi connectivity index (χ1v) is 8.29. The van der Waals surface area contributed by atoms with E-state index in [-0.39, 0.29) is 17.2 Å². The lowest BCUT2D eigenvalue weighted by Gasteiger charge is -2.23. The second kappa shape index (κ2) is 7.62. The van der Waals surface area contributed by atoms with Gasteiger partial charge in [-0.3, -0.25) is 9.59 Å². The average Bonchev–Trinajstić information content (AvgIpc) is 2.46. The Balaban J connectivity index is 2.72. The monoisotopic (exact) mass is 318 g/mol. The summed E-state index contributed by atoms with van der Waals surface area (Å²) in [7, 11) is 0. The smallest absolute Gasteiger partial charge is 0.239 e. The number of amides is 2. The van der Waals surface area contributed by atoms with Gasteiger partial charge in [-0.15, -0.1) is 0 Å². The molecule has 0 radical (unpaired) electrons. The molecule has 0 aromatic heterocycles. The van der Waals surface area contributed by atoms with Crippen molar-refractivity contribution in [3.8, 4) is 0 Å². The molecule has 0 heterocycles. The highest BCUT2D eigenvalue weighted by Crippen LogP contribution is 2.24. The predicted molar refractivity (Wildman–Crippen MR) is 95.5 cm³/mol. The molecule has 4 heteroatoms. The summed E-state index contributed by atoms with van der Waals surface area (Å²) < 4.78 is 0. The molecule has 1 aromatic carbocycles. The third-order valence-corrected chi connectivity index (χ3v) is 3.96. The van der Waals surface area contributed by atoms with Crippen LogP contribution in [0.1, 0.15) is 59.9 Å². The lowest BCUT2D eigenvalue weighted by atomic mass is 9.87. The van der Waals surface area contributed by atoms with Crippen molar-refractivity contribution in [1.82, 2.24) is 5.32 Å². The molecular weight excluding hydrogens is 288 g/mol. The van der Waals surface area contributed by atoms with Gasteiger partial charge in [0.2, 0.25) is 11.8 Å². The van der Waals surface area contributed by atoms with E-state index in [1.54, 1.807) is 13.8 Å². The van der Waals surface area contributed by atoms with Gasteiger partial charge in [-0.05, 0) is 43.4 Å². The number of hydrogen-bond donors (Lipinski definition) is 2. The highest BCUT2D eigenvalue weighted by atomic mass is 16.2. The Labute approximate surface area is 140 Å². The molecular formula is C19H30N2O2. The first-order chi connectivity index (χ1) is 10.6. The zero-order valence-corrected chi connectivity index (χ0v) is 15.2. The molecule has 0 atom stereocenters. The number of hydrogen-bond acceptors (Lipinski definition) is 2. The lowest BCUT2D eigenvalue weighted by Crippen LogP contribution is -2.45. The quantitative estimate of drug-likeness (QED) is 0.618. The molecule has 2 N–H and O–H groups in total. The summed E-state index contributed by atoms with van der Waals surface area (Å²) in [6.07, 6.45) is 1.92. The number of anilines is 1. The van der Waals surface area contributed by atoms with Crippen LogP contribution in [0.15, 0.2) is 24.3 Å². The Kier molecular flexibility index (Phi) is 6.37.